The van der Waals surface area contributed by atoms with E-state index in [-0.39, 0.29) is 6.61 Å². The number of hydrogen-bond acceptors (Lipinski definition) is 3. The van der Waals surface area contributed by atoms with Crippen molar-refractivity contribution in [2.24, 2.45) is 7.05 Å². The number of aliphatic carboxylic acids is 1. The summed E-state index contributed by atoms with van der Waals surface area (Å²) in [5.74, 6) is -0.455. The van der Waals surface area contributed by atoms with E-state index in [2.05, 4.69) is 5.10 Å². The van der Waals surface area contributed by atoms with E-state index < -0.39 is 5.97 Å². The molecule has 0 radical (unpaired) electrons. The molecule has 5 nitrogen and oxygen atoms in total. The van der Waals surface area contributed by atoms with Crippen molar-refractivity contribution < 1.29 is 14.6 Å². The van der Waals surface area contributed by atoms with Crippen molar-refractivity contribution in [2.75, 3.05) is 6.61 Å². The van der Waals surface area contributed by atoms with Gasteiger partial charge in [-0.25, -0.2) is 4.79 Å². The zero-order valence-corrected chi connectivity index (χ0v) is 9.33. The molecular formula is C12H12N2O3. The third-order valence-electron chi connectivity index (χ3n) is 2.34. The summed E-state index contributed by atoms with van der Waals surface area (Å²) >= 11 is 0. The number of ether oxygens (including phenoxy) is 1. The highest BCUT2D eigenvalue weighted by atomic mass is 16.5. The lowest BCUT2D eigenvalue weighted by Gasteiger charge is -2.09. The van der Waals surface area contributed by atoms with E-state index in [4.69, 9.17) is 9.84 Å². The van der Waals surface area contributed by atoms with Crippen LogP contribution in [0, 0.1) is 0 Å². The number of aromatic nitrogens is 2. The number of carboxylic acids is 1. The van der Waals surface area contributed by atoms with Crippen LogP contribution in [0.4, 0.5) is 0 Å². The number of benzene rings is 1. The molecule has 0 bridgehead atoms. The van der Waals surface area contributed by atoms with Gasteiger partial charge in [0.2, 0.25) is 0 Å². The van der Waals surface area contributed by atoms with Crippen LogP contribution in [-0.2, 0) is 11.8 Å². The van der Waals surface area contributed by atoms with Gasteiger partial charge in [0.05, 0.1) is 5.69 Å². The molecular weight excluding hydrogens is 220 g/mol. The lowest BCUT2D eigenvalue weighted by molar-refractivity contribution is -0.139. The molecule has 0 aliphatic carbocycles. The van der Waals surface area contributed by atoms with Crippen LogP contribution in [0.1, 0.15) is 0 Å². The van der Waals surface area contributed by atoms with E-state index in [1.165, 1.54) is 0 Å². The molecule has 0 spiro atoms. The lowest BCUT2D eigenvalue weighted by atomic mass is 10.1. The lowest BCUT2D eigenvalue weighted by Crippen LogP contribution is -2.10. The Balaban J connectivity index is 2.34. The quantitative estimate of drug-likeness (QED) is 0.868. The monoisotopic (exact) mass is 232 g/mol. The van der Waals surface area contributed by atoms with Gasteiger partial charge in [-0.2, -0.15) is 5.10 Å². The Morgan fingerprint density at radius 2 is 2.18 bits per heavy atom. The third kappa shape index (κ3) is 2.44. The molecule has 0 saturated heterocycles. The molecule has 0 unspecified atom stereocenters. The molecule has 0 aliphatic rings. The molecule has 0 saturated carbocycles. The van der Waals surface area contributed by atoms with Crippen molar-refractivity contribution in [3.05, 3.63) is 36.5 Å². The van der Waals surface area contributed by atoms with Crippen LogP contribution in [0.2, 0.25) is 0 Å². The van der Waals surface area contributed by atoms with Crippen LogP contribution in [0.5, 0.6) is 5.75 Å². The second kappa shape index (κ2) is 4.69. The van der Waals surface area contributed by atoms with Gasteiger partial charge in [0, 0.05) is 18.8 Å². The molecule has 5 heteroatoms. The Kier molecular flexibility index (Phi) is 3.09. The number of para-hydroxylation sites is 1. The van der Waals surface area contributed by atoms with Crippen LogP contribution in [0.15, 0.2) is 36.5 Å². The first-order valence-electron chi connectivity index (χ1n) is 5.10. The van der Waals surface area contributed by atoms with Gasteiger partial charge in [-0.3, -0.25) is 4.68 Å². The Labute approximate surface area is 98.3 Å². The minimum atomic E-state index is -0.996. The van der Waals surface area contributed by atoms with Gasteiger partial charge in [-0.1, -0.05) is 12.1 Å². The molecule has 0 aliphatic heterocycles. The molecule has 1 heterocycles. The maximum absolute atomic E-state index is 10.5. The van der Waals surface area contributed by atoms with E-state index in [1.54, 1.807) is 23.0 Å². The van der Waals surface area contributed by atoms with Crippen molar-refractivity contribution in [1.82, 2.24) is 9.78 Å². The van der Waals surface area contributed by atoms with Crippen LogP contribution in [0.25, 0.3) is 11.3 Å². The fourth-order valence-corrected chi connectivity index (χ4v) is 1.58. The van der Waals surface area contributed by atoms with E-state index in [0.717, 1.165) is 11.3 Å². The summed E-state index contributed by atoms with van der Waals surface area (Å²) in [5, 5.41) is 12.7. The average molecular weight is 232 g/mol. The minimum absolute atomic E-state index is 0.352. The first kappa shape index (κ1) is 11.2. The largest absolute Gasteiger partial charge is 0.481 e. The van der Waals surface area contributed by atoms with Gasteiger partial charge < -0.3 is 9.84 Å². The summed E-state index contributed by atoms with van der Waals surface area (Å²) in [4.78, 5) is 10.5. The highest BCUT2D eigenvalue weighted by Crippen LogP contribution is 2.28. The highest BCUT2D eigenvalue weighted by molar-refractivity contribution is 5.71. The van der Waals surface area contributed by atoms with Crippen molar-refractivity contribution >= 4 is 5.97 Å². The zero-order chi connectivity index (χ0) is 12.3. The third-order valence-corrected chi connectivity index (χ3v) is 2.34. The molecule has 2 aromatic rings. The van der Waals surface area contributed by atoms with Crippen LogP contribution >= 0.6 is 0 Å². The summed E-state index contributed by atoms with van der Waals surface area (Å²) in [7, 11) is 1.82. The van der Waals surface area contributed by atoms with Crippen LogP contribution in [0.3, 0.4) is 0 Å². The van der Waals surface area contributed by atoms with Gasteiger partial charge in [0.25, 0.3) is 0 Å². The fraction of sp³-hybridized carbons (Fsp3) is 0.167. The van der Waals surface area contributed by atoms with Gasteiger partial charge in [0.1, 0.15) is 5.75 Å². The molecule has 2 rings (SSSR count). The topological polar surface area (TPSA) is 64.4 Å². The smallest absolute Gasteiger partial charge is 0.341 e. The first-order chi connectivity index (χ1) is 8.18. The number of hydrogen-bond donors (Lipinski definition) is 1. The standard InChI is InChI=1S/C12H12N2O3/c1-14-10(6-7-13-14)9-4-2-3-5-11(9)17-8-12(15)16/h2-7H,8H2,1H3,(H,15,16). The van der Waals surface area contributed by atoms with Gasteiger partial charge >= 0.3 is 5.97 Å². The predicted molar refractivity (Wildman–Crippen MR) is 61.8 cm³/mol. The van der Waals surface area contributed by atoms with Gasteiger partial charge in [-0.05, 0) is 18.2 Å². The molecule has 1 N–H and O–H groups in total. The van der Waals surface area contributed by atoms with E-state index in [9.17, 15) is 4.79 Å². The number of carboxylic acid groups (broad SMARTS) is 1. The molecule has 88 valence electrons. The summed E-state index contributed by atoms with van der Waals surface area (Å²) in [6, 6.07) is 9.13. The van der Waals surface area contributed by atoms with Crippen molar-refractivity contribution in [1.29, 1.82) is 0 Å². The summed E-state index contributed by atoms with van der Waals surface area (Å²) in [6.45, 7) is -0.352. The summed E-state index contributed by atoms with van der Waals surface area (Å²) < 4.78 is 6.95. The summed E-state index contributed by atoms with van der Waals surface area (Å²) in [6.07, 6.45) is 1.68. The molecule has 1 aromatic heterocycles. The van der Waals surface area contributed by atoms with Crippen LogP contribution in [-0.4, -0.2) is 27.5 Å². The maximum atomic E-state index is 10.5. The minimum Gasteiger partial charge on any atom is -0.481 e. The Morgan fingerprint density at radius 1 is 1.41 bits per heavy atom. The van der Waals surface area contributed by atoms with E-state index in [0.29, 0.717) is 5.75 Å². The number of aryl methyl sites for hydroxylation is 1. The van der Waals surface area contributed by atoms with Crippen molar-refractivity contribution in [3.63, 3.8) is 0 Å². The van der Waals surface area contributed by atoms with Gasteiger partial charge in [-0.15, -0.1) is 0 Å². The fourth-order valence-electron chi connectivity index (χ4n) is 1.58. The molecule has 0 atom stereocenters. The van der Waals surface area contributed by atoms with Gasteiger partial charge in [0.15, 0.2) is 6.61 Å². The molecule has 1 aromatic carbocycles. The normalized spacial score (nSPS) is 10.2. The van der Waals surface area contributed by atoms with Crippen LogP contribution < -0.4 is 4.74 Å². The van der Waals surface area contributed by atoms with Crippen molar-refractivity contribution in [2.45, 2.75) is 0 Å². The molecule has 0 fully saturated rings. The molecule has 17 heavy (non-hydrogen) atoms. The number of carbonyl (C=O) groups is 1. The zero-order valence-electron chi connectivity index (χ0n) is 9.33. The summed E-state index contributed by atoms with van der Waals surface area (Å²) in [5.41, 5.74) is 1.71. The second-order valence-electron chi connectivity index (χ2n) is 3.52. The number of nitrogens with zero attached hydrogens (tertiary/aromatic N) is 2. The first-order valence-corrected chi connectivity index (χ1v) is 5.10. The second-order valence-corrected chi connectivity index (χ2v) is 3.52. The number of rotatable bonds is 4. The van der Waals surface area contributed by atoms with Crippen molar-refractivity contribution in [3.8, 4) is 17.0 Å². The highest BCUT2D eigenvalue weighted by Gasteiger charge is 2.09. The maximum Gasteiger partial charge on any atom is 0.341 e. The Hall–Kier alpha value is -2.30. The molecule has 0 amide bonds. The van der Waals surface area contributed by atoms with E-state index >= 15 is 0 Å². The SMILES string of the molecule is Cn1nccc1-c1ccccc1OCC(=O)O. The Morgan fingerprint density at radius 3 is 2.82 bits per heavy atom. The van der Waals surface area contributed by atoms with E-state index in [1.807, 2.05) is 25.2 Å². The average Bonchev–Trinajstić information content (AvgIpc) is 2.73. The predicted octanol–water partition coefficient (Wildman–Crippen LogP) is 1.55. The Bertz CT molecular complexity index is 534.